The Morgan fingerprint density at radius 3 is 2.67 bits per heavy atom. The molecule has 5 heteroatoms. The summed E-state index contributed by atoms with van der Waals surface area (Å²) in [7, 11) is 0. The van der Waals surface area contributed by atoms with Crippen LogP contribution in [0.1, 0.15) is 50.5 Å². The maximum atomic E-state index is 13.8. The van der Waals surface area contributed by atoms with Crippen LogP contribution >= 0.6 is 0 Å². The first kappa shape index (κ1) is 15.9. The highest BCUT2D eigenvalue weighted by Crippen LogP contribution is 2.51. The standard InChI is InChI=1S/C19H25FN2O2/c1-14-13-19(6-2-3-7-19)22(17-5-4-15(20)12-16(14)17)18(23)21-8-10-24-11-9-21/h4-5,12,14H,2-3,6-11,13H2,1H3. The van der Waals surface area contributed by atoms with Gasteiger partial charge >= 0.3 is 6.03 Å². The molecule has 1 atom stereocenters. The maximum Gasteiger partial charge on any atom is 0.325 e. The Balaban J connectivity index is 1.77. The molecule has 1 spiro atoms. The van der Waals surface area contributed by atoms with Crippen molar-refractivity contribution in [1.82, 2.24) is 4.90 Å². The second-order valence-corrected chi connectivity index (χ2v) is 7.46. The predicted octanol–water partition coefficient (Wildman–Crippen LogP) is 3.90. The number of hydrogen-bond donors (Lipinski definition) is 0. The molecule has 130 valence electrons. The Hall–Kier alpha value is -1.62. The molecule has 24 heavy (non-hydrogen) atoms. The van der Waals surface area contributed by atoms with Crippen LogP contribution in [0.5, 0.6) is 0 Å². The normalized spacial score (nSPS) is 25.8. The molecular weight excluding hydrogens is 307 g/mol. The second-order valence-electron chi connectivity index (χ2n) is 7.46. The van der Waals surface area contributed by atoms with Crippen molar-refractivity contribution in [3.05, 3.63) is 29.6 Å². The molecule has 1 unspecified atom stereocenters. The molecule has 3 aliphatic rings. The first-order valence-corrected chi connectivity index (χ1v) is 9.07. The van der Waals surface area contributed by atoms with Gasteiger partial charge in [-0.3, -0.25) is 4.90 Å². The first-order valence-electron chi connectivity index (χ1n) is 9.07. The van der Waals surface area contributed by atoms with Crippen LogP contribution in [0, 0.1) is 5.82 Å². The van der Waals surface area contributed by atoms with Crippen molar-refractivity contribution >= 4 is 11.7 Å². The van der Waals surface area contributed by atoms with E-state index >= 15 is 0 Å². The topological polar surface area (TPSA) is 32.8 Å². The Bertz CT molecular complexity index is 636. The zero-order valence-electron chi connectivity index (χ0n) is 14.3. The number of carbonyl (C=O) groups excluding carboxylic acids is 1. The van der Waals surface area contributed by atoms with E-state index in [0.717, 1.165) is 43.4 Å². The average molecular weight is 332 g/mol. The van der Waals surface area contributed by atoms with Gasteiger partial charge in [0.25, 0.3) is 0 Å². The summed E-state index contributed by atoms with van der Waals surface area (Å²) in [5.41, 5.74) is 1.78. The zero-order valence-corrected chi connectivity index (χ0v) is 14.3. The van der Waals surface area contributed by atoms with E-state index in [9.17, 15) is 9.18 Å². The van der Waals surface area contributed by atoms with Crippen LogP contribution in [-0.2, 0) is 4.74 Å². The molecule has 2 amide bonds. The number of morpholine rings is 1. The molecular formula is C19H25FN2O2. The molecule has 0 bridgehead atoms. The fraction of sp³-hybridized carbons (Fsp3) is 0.632. The third-order valence-corrected chi connectivity index (χ3v) is 5.93. The summed E-state index contributed by atoms with van der Waals surface area (Å²) in [4.78, 5) is 17.3. The number of amides is 2. The first-order chi connectivity index (χ1) is 11.6. The van der Waals surface area contributed by atoms with Crippen molar-refractivity contribution in [2.45, 2.75) is 50.5 Å². The molecule has 0 N–H and O–H groups in total. The zero-order chi connectivity index (χ0) is 16.7. The lowest BCUT2D eigenvalue weighted by Gasteiger charge is -2.49. The molecule has 4 rings (SSSR count). The predicted molar refractivity (Wildman–Crippen MR) is 90.9 cm³/mol. The number of ether oxygens (including phenoxy) is 1. The lowest BCUT2D eigenvalue weighted by Crippen LogP contribution is -2.59. The molecule has 2 aliphatic heterocycles. The fourth-order valence-electron chi connectivity index (χ4n) is 4.81. The lowest BCUT2D eigenvalue weighted by molar-refractivity contribution is 0.0531. The van der Waals surface area contributed by atoms with Gasteiger partial charge in [0.1, 0.15) is 5.82 Å². The summed E-state index contributed by atoms with van der Waals surface area (Å²) >= 11 is 0. The molecule has 1 saturated carbocycles. The van der Waals surface area contributed by atoms with Crippen molar-refractivity contribution in [2.24, 2.45) is 0 Å². The van der Waals surface area contributed by atoms with E-state index < -0.39 is 0 Å². The second kappa shape index (κ2) is 6.03. The number of fused-ring (bicyclic) bond motifs is 1. The summed E-state index contributed by atoms with van der Waals surface area (Å²) in [6, 6.07) is 4.97. The smallest absolute Gasteiger partial charge is 0.325 e. The maximum absolute atomic E-state index is 13.8. The number of rotatable bonds is 0. The van der Waals surface area contributed by atoms with Gasteiger partial charge in [-0.05, 0) is 48.9 Å². The SMILES string of the molecule is CC1CC2(CCCC2)N(C(=O)N2CCOCC2)c2ccc(F)cc21. The number of benzene rings is 1. The summed E-state index contributed by atoms with van der Waals surface area (Å²) in [5.74, 6) is 0.0595. The Labute approximate surface area is 142 Å². The van der Waals surface area contributed by atoms with Crippen LogP contribution in [-0.4, -0.2) is 42.8 Å². The molecule has 1 aromatic rings. The number of hydrogen-bond acceptors (Lipinski definition) is 2. The third kappa shape index (κ3) is 2.50. The highest BCUT2D eigenvalue weighted by molar-refractivity contribution is 5.95. The van der Waals surface area contributed by atoms with Gasteiger partial charge in [-0.1, -0.05) is 19.8 Å². The minimum atomic E-state index is -0.221. The van der Waals surface area contributed by atoms with E-state index in [1.165, 1.54) is 6.07 Å². The molecule has 0 aromatic heterocycles. The summed E-state index contributed by atoms with van der Waals surface area (Å²) in [5, 5.41) is 0. The summed E-state index contributed by atoms with van der Waals surface area (Å²) in [6.07, 6.45) is 5.35. The largest absolute Gasteiger partial charge is 0.378 e. The van der Waals surface area contributed by atoms with Gasteiger partial charge in [0.05, 0.1) is 18.8 Å². The van der Waals surface area contributed by atoms with Crippen LogP contribution in [0.2, 0.25) is 0 Å². The highest BCUT2D eigenvalue weighted by Gasteiger charge is 2.49. The van der Waals surface area contributed by atoms with Gasteiger partial charge in [-0.25, -0.2) is 9.18 Å². The molecule has 1 aliphatic carbocycles. The van der Waals surface area contributed by atoms with E-state index in [1.807, 2.05) is 9.80 Å². The van der Waals surface area contributed by atoms with Crippen molar-refractivity contribution in [3.63, 3.8) is 0 Å². The molecule has 0 radical (unpaired) electrons. The Morgan fingerprint density at radius 2 is 1.96 bits per heavy atom. The number of halogens is 1. The van der Waals surface area contributed by atoms with E-state index in [0.29, 0.717) is 26.3 Å². The van der Waals surface area contributed by atoms with Gasteiger partial charge in [-0.15, -0.1) is 0 Å². The van der Waals surface area contributed by atoms with E-state index in [-0.39, 0.29) is 23.3 Å². The van der Waals surface area contributed by atoms with Crippen molar-refractivity contribution in [2.75, 3.05) is 31.2 Å². The van der Waals surface area contributed by atoms with Crippen LogP contribution in [0.15, 0.2) is 18.2 Å². The number of anilines is 1. The molecule has 1 aromatic carbocycles. The Morgan fingerprint density at radius 1 is 1.25 bits per heavy atom. The minimum absolute atomic E-state index is 0.0694. The summed E-state index contributed by atoms with van der Waals surface area (Å²) in [6.45, 7) is 4.63. The van der Waals surface area contributed by atoms with Crippen molar-refractivity contribution in [1.29, 1.82) is 0 Å². The van der Waals surface area contributed by atoms with Gasteiger partial charge in [-0.2, -0.15) is 0 Å². The van der Waals surface area contributed by atoms with Crippen LogP contribution < -0.4 is 4.90 Å². The van der Waals surface area contributed by atoms with Gasteiger partial charge < -0.3 is 9.64 Å². The molecule has 2 fully saturated rings. The highest BCUT2D eigenvalue weighted by atomic mass is 19.1. The Kier molecular flexibility index (Phi) is 3.99. The van der Waals surface area contributed by atoms with E-state index in [4.69, 9.17) is 4.74 Å². The van der Waals surface area contributed by atoms with Gasteiger partial charge in [0, 0.05) is 18.8 Å². The minimum Gasteiger partial charge on any atom is -0.378 e. The van der Waals surface area contributed by atoms with Crippen LogP contribution in [0.3, 0.4) is 0 Å². The number of nitrogens with zero attached hydrogens (tertiary/aromatic N) is 2. The number of carbonyl (C=O) groups is 1. The van der Waals surface area contributed by atoms with Gasteiger partial charge in [0.15, 0.2) is 0 Å². The monoisotopic (exact) mass is 332 g/mol. The number of urea groups is 1. The third-order valence-electron chi connectivity index (χ3n) is 5.93. The quantitative estimate of drug-likeness (QED) is 0.722. The van der Waals surface area contributed by atoms with Crippen LogP contribution in [0.4, 0.5) is 14.9 Å². The van der Waals surface area contributed by atoms with Crippen molar-refractivity contribution in [3.8, 4) is 0 Å². The molecule has 1 saturated heterocycles. The molecule has 4 nitrogen and oxygen atoms in total. The van der Waals surface area contributed by atoms with Gasteiger partial charge in [0.2, 0.25) is 0 Å². The average Bonchev–Trinajstić information content (AvgIpc) is 3.05. The van der Waals surface area contributed by atoms with Crippen molar-refractivity contribution < 1.29 is 13.9 Å². The lowest BCUT2D eigenvalue weighted by atomic mass is 9.77. The van der Waals surface area contributed by atoms with Crippen LogP contribution in [0.25, 0.3) is 0 Å². The van der Waals surface area contributed by atoms with E-state index in [1.54, 1.807) is 12.1 Å². The fourth-order valence-corrected chi connectivity index (χ4v) is 4.81. The molecule has 2 heterocycles. The summed E-state index contributed by atoms with van der Waals surface area (Å²) < 4.78 is 19.2. The van der Waals surface area contributed by atoms with E-state index in [2.05, 4.69) is 6.92 Å².